The molecule has 0 spiro atoms. The molecule has 1 aromatic heterocycles. The number of nitrogens with zero attached hydrogens (tertiary/aromatic N) is 3. The monoisotopic (exact) mass is 410 g/mol. The molecule has 1 unspecified atom stereocenters. The lowest BCUT2D eigenvalue weighted by molar-refractivity contribution is 0.0504. The number of carbonyl (C=O) groups excluding carboxylic acids is 1. The van der Waals surface area contributed by atoms with Crippen molar-refractivity contribution in [3.8, 4) is 5.75 Å². The number of hydrogen-bond acceptors (Lipinski definition) is 6. The van der Waals surface area contributed by atoms with Crippen molar-refractivity contribution in [2.24, 2.45) is 0 Å². The van der Waals surface area contributed by atoms with Crippen molar-refractivity contribution in [2.45, 2.75) is 38.3 Å². The van der Waals surface area contributed by atoms with Crippen LogP contribution in [0.15, 0.2) is 24.5 Å². The number of hydrogen-bond donors (Lipinski definition) is 2. The van der Waals surface area contributed by atoms with Gasteiger partial charge in [0.2, 0.25) is 5.95 Å². The highest BCUT2D eigenvalue weighted by Gasteiger charge is 2.38. The Morgan fingerprint density at radius 2 is 1.76 bits per heavy atom. The van der Waals surface area contributed by atoms with Crippen LogP contribution < -0.4 is 10.2 Å². The molecule has 0 radical (unpaired) electrons. The van der Waals surface area contributed by atoms with Crippen LogP contribution in [-0.2, 0) is 4.74 Å². The van der Waals surface area contributed by atoms with E-state index < -0.39 is 41.1 Å². The predicted octanol–water partition coefficient (Wildman–Crippen LogP) is 3.10. The van der Waals surface area contributed by atoms with E-state index in [2.05, 4.69) is 15.3 Å². The number of amides is 1. The van der Waals surface area contributed by atoms with Gasteiger partial charge in [0.05, 0.1) is 18.4 Å². The Morgan fingerprint density at radius 3 is 2.38 bits per heavy atom. The highest BCUT2D eigenvalue weighted by molar-refractivity contribution is 5.68. The van der Waals surface area contributed by atoms with Crippen molar-refractivity contribution in [1.82, 2.24) is 15.3 Å². The molecule has 2 N–H and O–H groups in total. The molecule has 2 heterocycles. The zero-order valence-electron chi connectivity index (χ0n) is 16.1. The van der Waals surface area contributed by atoms with Crippen LogP contribution in [0.3, 0.4) is 0 Å². The maximum absolute atomic E-state index is 14.4. The number of nitrogens with one attached hydrogen (secondary N) is 1. The van der Waals surface area contributed by atoms with E-state index in [-0.39, 0.29) is 30.4 Å². The first-order valence-electron chi connectivity index (χ1n) is 8.93. The zero-order valence-corrected chi connectivity index (χ0v) is 16.1. The van der Waals surface area contributed by atoms with Crippen LogP contribution in [-0.4, -0.2) is 45.9 Å². The third-order valence-electron chi connectivity index (χ3n) is 4.37. The molecule has 1 aromatic carbocycles. The molecule has 1 aliphatic heterocycles. The van der Waals surface area contributed by atoms with Crippen molar-refractivity contribution >= 4 is 12.0 Å². The average molecular weight is 410 g/mol. The van der Waals surface area contributed by atoms with Crippen molar-refractivity contribution in [1.29, 1.82) is 0 Å². The molecule has 10 heteroatoms. The van der Waals surface area contributed by atoms with Gasteiger partial charge in [0.15, 0.2) is 17.4 Å². The second-order valence-corrected chi connectivity index (χ2v) is 7.79. The molecule has 2 atom stereocenters. The summed E-state index contributed by atoms with van der Waals surface area (Å²) in [5.41, 5.74) is -0.822. The van der Waals surface area contributed by atoms with Gasteiger partial charge in [-0.2, -0.15) is 0 Å². The lowest BCUT2D eigenvalue weighted by Gasteiger charge is -2.24. The van der Waals surface area contributed by atoms with Gasteiger partial charge in [0, 0.05) is 25.1 Å². The van der Waals surface area contributed by atoms with Crippen LogP contribution in [0, 0.1) is 17.5 Å². The first-order chi connectivity index (χ1) is 13.5. The van der Waals surface area contributed by atoms with E-state index in [4.69, 9.17) is 4.74 Å². The Labute approximate surface area is 165 Å². The van der Waals surface area contributed by atoms with Crippen LogP contribution in [0.5, 0.6) is 5.75 Å². The summed E-state index contributed by atoms with van der Waals surface area (Å²) >= 11 is 0. The highest BCUT2D eigenvalue weighted by Crippen LogP contribution is 2.32. The maximum atomic E-state index is 14.4. The summed E-state index contributed by atoms with van der Waals surface area (Å²) in [4.78, 5) is 21.9. The van der Waals surface area contributed by atoms with Crippen LogP contribution >= 0.6 is 0 Å². The van der Waals surface area contributed by atoms with Gasteiger partial charge in [0.25, 0.3) is 0 Å². The molecule has 29 heavy (non-hydrogen) atoms. The average Bonchev–Trinajstić information content (AvgIpc) is 3.00. The molecule has 156 valence electrons. The summed E-state index contributed by atoms with van der Waals surface area (Å²) in [5.74, 6) is -3.99. The minimum Gasteiger partial charge on any atom is -0.505 e. The van der Waals surface area contributed by atoms with Crippen LogP contribution in [0.4, 0.5) is 23.9 Å². The SMILES string of the molecule is CC(C)(C)OC(=O)NC1CN(c2ncc(O)cn2)C[C@@H]1c1cc(F)c(F)cc1F. The van der Waals surface area contributed by atoms with Gasteiger partial charge in [-0.25, -0.2) is 27.9 Å². The molecule has 1 aliphatic rings. The van der Waals surface area contributed by atoms with E-state index in [9.17, 15) is 23.1 Å². The lowest BCUT2D eigenvalue weighted by atomic mass is 9.93. The molecule has 3 rings (SSSR count). The van der Waals surface area contributed by atoms with E-state index in [1.54, 1.807) is 25.7 Å². The van der Waals surface area contributed by atoms with E-state index >= 15 is 0 Å². The number of ether oxygens (including phenoxy) is 1. The van der Waals surface area contributed by atoms with E-state index in [0.717, 1.165) is 6.07 Å². The van der Waals surface area contributed by atoms with Crippen molar-refractivity contribution in [3.05, 3.63) is 47.5 Å². The smallest absolute Gasteiger partial charge is 0.407 e. The van der Waals surface area contributed by atoms with Gasteiger partial charge < -0.3 is 20.1 Å². The van der Waals surface area contributed by atoms with Gasteiger partial charge in [0.1, 0.15) is 11.4 Å². The Morgan fingerprint density at radius 1 is 1.14 bits per heavy atom. The summed E-state index contributed by atoms with van der Waals surface area (Å²) in [6, 6.07) is 0.594. The standard InChI is InChI=1S/C19H21F3N4O3/c1-19(2,3)29-18(28)25-16-9-26(17-23-6-10(27)7-24-17)8-12(16)11-4-14(21)15(22)5-13(11)20/h4-7,12,16,27H,8-9H2,1-3H3,(H,25,28)/t12-,16?/m1/s1. The minimum atomic E-state index is -1.29. The van der Waals surface area contributed by atoms with Gasteiger partial charge in [-0.15, -0.1) is 0 Å². The summed E-state index contributed by atoms with van der Waals surface area (Å²) < 4.78 is 46.8. The van der Waals surface area contributed by atoms with Crippen molar-refractivity contribution < 1.29 is 27.8 Å². The Kier molecular flexibility index (Phi) is 5.54. The van der Waals surface area contributed by atoms with E-state index in [0.29, 0.717) is 6.07 Å². The highest BCUT2D eigenvalue weighted by atomic mass is 19.2. The summed E-state index contributed by atoms with van der Waals surface area (Å²) in [5, 5.41) is 12.0. The van der Waals surface area contributed by atoms with Crippen molar-refractivity contribution in [3.63, 3.8) is 0 Å². The zero-order chi connectivity index (χ0) is 21.3. The van der Waals surface area contributed by atoms with Crippen molar-refractivity contribution in [2.75, 3.05) is 18.0 Å². The van der Waals surface area contributed by atoms with Crippen LogP contribution in [0.1, 0.15) is 32.3 Å². The van der Waals surface area contributed by atoms with Crippen LogP contribution in [0.2, 0.25) is 0 Å². The number of halogens is 3. The summed E-state index contributed by atoms with van der Waals surface area (Å²) in [7, 11) is 0. The van der Waals surface area contributed by atoms with Gasteiger partial charge in [-0.05, 0) is 32.4 Å². The van der Waals surface area contributed by atoms with Gasteiger partial charge in [-0.1, -0.05) is 0 Å². The summed E-state index contributed by atoms with van der Waals surface area (Å²) in [6.45, 7) is 5.40. The number of benzene rings is 1. The number of aromatic hydroxyl groups is 1. The maximum Gasteiger partial charge on any atom is 0.407 e. The fourth-order valence-electron chi connectivity index (χ4n) is 3.19. The molecular formula is C19H21F3N4O3. The number of rotatable bonds is 3. The quantitative estimate of drug-likeness (QED) is 0.757. The molecule has 7 nitrogen and oxygen atoms in total. The predicted molar refractivity (Wildman–Crippen MR) is 98.1 cm³/mol. The molecule has 1 amide bonds. The Balaban J connectivity index is 1.90. The fraction of sp³-hybridized carbons (Fsp3) is 0.421. The first-order valence-corrected chi connectivity index (χ1v) is 8.93. The minimum absolute atomic E-state index is 0.0776. The van der Waals surface area contributed by atoms with Crippen LogP contribution in [0.25, 0.3) is 0 Å². The fourth-order valence-corrected chi connectivity index (χ4v) is 3.19. The summed E-state index contributed by atoms with van der Waals surface area (Å²) in [6.07, 6.45) is 1.68. The number of anilines is 1. The molecule has 2 aromatic rings. The van der Waals surface area contributed by atoms with Gasteiger partial charge >= 0.3 is 6.09 Å². The van der Waals surface area contributed by atoms with Gasteiger partial charge in [-0.3, -0.25) is 0 Å². The Bertz CT molecular complexity index is 903. The first kappa shape index (κ1) is 20.7. The van der Waals surface area contributed by atoms with E-state index in [1.807, 2.05) is 0 Å². The normalized spacial score (nSPS) is 19.3. The second kappa shape index (κ2) is 7.76. The molecule has 0 saturated carbocycles. The second-order valence-electron chi connectivity index (χ2n) is 7.79. The molecule has 0 aliphatic carbocycles. The Hall–Kier alpha value is -3.04. The number of aromatic nitrogens is 2. The molecule has 0 bridgehead atoms. The third kappa shape index (κ3) is 4.87. The number of carbonyl (C=O) groups is 1. The molecule has 1 saturated heterocycles. The largest absolute Gasteiger partial charge is 0.505 e. The number of alkyl carbamates (subject to hydrolysis) is 1. The lowest BCUT2D eigenvalue weighted by Crippen LogP contribution is -2.43. The topological polar surface area (TPSA) is 87.6 Å². The molecular weight excluding hydrogens is 389 g/mol. The molecule has 1 fully saturated rings. The third-order valence-corrected chi connectivity index (χ3v) is 4.37. The van der Waals surface area contributed by atoms with E-state index in [1.165, 1.54) is 12.4 Å².